The third-order valence-corrected chi connectivity index (χ3v) is 8.14. The summed E-state index contributed by atoms with van der Waals surface area (Å²) < 4.78 is 17.7. The van der Waals surface area contributed by atoms with Gasteiger partial charge >= 0.3 is 5.63 Å². The van der Waals surface area contributed by atoms with Gasteiger partial charge in [-0.1, -0.05) is 32.0 Å². The van der Waals surface area contributed by atoms with Gasteiger partial charge in [0.15, 0.2) is 11.5 Å². The molecule has 0 saturated carbocycles. The Bertz CT molecular complexity index is 1620. The maximum Gasteiger partial charge on any atom is 0.349 e. The van der Waals surface area contributed by atoms with Crippen molar-refractivity contribution in [3.05, 3.63) is 79.2 Å². The standard InChI is InChI=1S/C32H35IN2O9/c1-18(2)8-10-35(31(40)22-14-20-6-4-5-7-25(20)44-32(22)41)24-15-21(30(39)34-9-11-36)16-26(28(24)38)43-29-23(33)12-19(17-37)13-27(29)42-3/h4-7,12-14,16-18,24,26,28,36,38H,8-11,15H2,1-3H3,(H,34,39)/t24-,26+,28+/m1/s1. The Morgan fingerprint density at radius 3 is 2.66 bits per heavy atom. The number of fused-ring (bicyclic) bond motifs is 1. The van der Waals surface area contributed by atoms with Gasteiger partial charge in [-0.25, -0.2) is 4.79 Å². The van der Waals surface area contributed by atoms with Gasteiger partial charge < -0.3 is 34.3 Å². The molecule has 1 aliphatic carbocycles. The number of aldehydes is 1. The number of halogens is 1. The number of amides is 2. The molecule has 0 saturated heterocycles. The number of nitrogens with one attached hydrogen (secondary N) is 1. The monoisotopic (exact) mass is 718 g/mol. The number of carbonyl (C=O) groups is 3. The molecule has 2 amide bonds. The molecule has 0 aliphatic heterocycles. The van der Waals surface area contributed by atoms with Crippen molar-refractivity contribution in [2.45, 2.75) is 44.9 Å². The van der Waals surface area contributed by atoms with Gasteiger partial charge in [-0.3, -0.25) is 14.4 Å². The van der Waals surface area contributed by atoms with E-state index < -0.39 is 35.7 Å². The highest BCUT2D eigenvalue weighted by molar-refractivity contribution is 14.1. The summed E-state index contributed by atoms with van der Waals surface area (Å²) in [4.78, 5) is 53.1. The topological polar surface area (TPSA) is 156 Å². The minimum atomic E-state index is -1.33. The summed E-state index contributed by atoms with van der Waals surface area (Å²) in [5.41, 5.74) is -0.0834. The first kappa shape index (κ1) is 33.1. The summed E-state index contributed by atoms with van der Waals surface area (Å²) in [6, 6.07) is 10.4. The minimum Gasteiger partial charge on any atom is -0.493 e. The van der Waals surface area contributed by atoms with Crippen molar-refractivity contribution in [2.24, 2.45) is 5.92 Å². The molecule has 234 valence electrons. The van der Waals surface area contributed by atoms with Crippen molar-refractivity contribution >= 4 is 51.7 Å². The Labute approximate surface area is 268 Å². The van der Waals surface area contributed by atoms with Crippen LogP contribution in [-0.2, 0) is 4.79 Å². The quantitative estimate of drug-likeness (QED) is 0.145. The molecule has 44 heavy (non-hydrogen) atoms. The predicted molar refractivity (Wildman–Crippen MR) is 171 cm³/mol. The average molecular weight is 719 g/mol. The van der Waals surface area contributed by atoms with Crippen LogP contribution in [0.1, 0.15) is 47.4 Å². The van der Waals surface area contributed by atoms with Crippen LogP contribution in [0.5, 0.6) is 11.5 Å². The maximum atomic E-state index is 14.1. The third kappa shape index (κ3) is 7.48. The van der Waals surface area contributed by atoms with Gasteiger partial charge in [0, 0.05) is 36.0 Å². The molecule has 0 spiro atoms. The fourth-order valence-electron chi connectivity index (χ4n) is 5.02. The van der Waals surface area contributed by atoms with Crippen LogP contribution in [0.2, 0.25) is 0 Å². The Balaban J connectivity index is 1.78. The summed E-state index contributed by atoms with van der Waals surface area (Å²) >= 11 is 1.98. The molecular weight excluding hydrogens is 683 g/mol. The lowest BCUT2D eigenvalue weighted by atomic mass is 9.87. The number of para-hydroxylation sites is 1. The molecule has 1 aliphatic rings. The van der Waals surface area contributed by atoms with Gasteiger partial charge in [-0.05, 0) is 65.3 Å². The highest BCUT2D eigenvalue weighted by Gasteiger charge is 2.41. The van der Waals surface area contributed by atoms with E-state index in [2.05, 4.69) is 5.32 Å². The van der Waals surface area contributed by atoms with Gasteiger partial charge in [-0.2, -0.15) is 0 Å². The molecule has 0 bridgehead atoms. The molecule has 12 heteroatoms. The van der Waals surface area contributed by atoms with E-state index in [9.17, 15) is 29.4 Å². The normalized spacial score (nSPS) is 18.1. The number of benzene rings is 2. The smallest absolute Gasteiger partial charge is 0.349 e. The lowest BCUT2D eigenvalue weighted by Crippen LogP contribution is -2.56. The molecule has 0 unspecified atom stereocenters. The number of carbonyl (C=O) groups excluding carboxylic acids is 3. The summed E-state index contributed by atoms with van der Waals surface area (Å²) in [6.07, 6.45) is 0.194. The molecule has 3 aromatic rings. The van der Waals surface area contributed by atoms with Crippen LogP contribution in [-0.4, -0.2) is 78.3 Å². The van der Waals surface area contributed by atoms with Crippen LogP contribution in [0.3, 0.4) is 0 Å². The minimum absolute atomic E-state index is 0.00191. The molecule has 0 fully saturated rings. The first-order valence-electron chi connectivity index (χ1n) is 14.2. The lowest BCUT2D eigenvalue weighted by molar-refractivity contribution is -0.118. The summed E-state index contributed by atoms with van der Waals surface area (Å²) in [6.45, 7) is 3.88. The fraction of sp³-hybridized carbons (Fsp3) is 0.375. The zero-order valence-corrected chi connectivity index (χ0v) is 26.8. The molecule has 3 atom stereocenters. The van der Waals surface area contributed by atoms with Crippen LogP contribution >= 0.6 is 22.6 Å². The fourth-order valence-corrected chi connectivity index (χ4v) is 5.77. The Kier molecular flexibility index (Phi) is 11.2. The summed E-state index contributed by atoms with van der Waals surface area (Å²) in [5.74, 6) is -0.480. The second-order valence-electron chi connectivity index (χ2n) is 10.8. The zero-order chi connectivity index (χ0) is 32.0. The molecule has 2 aromatic carbocycles. The SMILES string of the molecule is COc1cc(C=O)cc(I)c1O[C@H]1C=C(C(=O)NCCO)C[C@@H](N(CCC(C)C)C(=O)c2cc3ccccc3oc2=O)[C@@H]1O. The number of ether oxygens (including phenoxy) is 2. The summed E-state index contributed by atoms with van der Waals surface area (Å²) in [7, 11) is 1.41. The predicted octanol–water partition coefficient (Wildman–Crippen LogP) is 3.32. The van der Waals surface area contributed by atoms with E-state index in [1.165, 1.54) is 30.2 Å². The average Bonchev–Trinajstić information content (AvgIpc) is 3.01. The first-order chi connectivity index (χ1) is 21.1. The Morgan fingerprint density at radius 1 is 1.23 bits per heavy atom. The van der Waals surface area contributed by atoms with Crippen molar-refractivity contribution in [2.75, 3.05) is 26.8 Å². The van der Waals surface area contributed by atoms with Gasteiger partial charge in [0.05, 0.1) is 23.3 Å². The zero-order valence-electron chi connectivity index (χ0n) is 24.6. The largest absolute Gasteiger partial charge is 0.493 e. The van der Waals surface area contributed by atoms with Crippen molar-refractivity contribution in [3.63, 3.8) is 0 Å². The van der Waals surface area contributed by atoms with Crippen LogP contribution in [0.4, 0.5) is 0 Å². The first-order valence-corrected chi connectivity index (χ1v) is 15.3. The van der Waals surface area contributed by atoms with E-state index in [0.29, 0.717) is 32.8 Å². The number of aliphatic hydroxyl groups is 2. The van der Waals surface area contributed by atoms with Gasteiger partial charge in [0.1, 0.15) is 29.6 Å². The van der Waals surface area contributed by atoms with E-state index in [4.69, 9.17) is 13.9 Å². The Morgan fingerprint density at radius 2 is 1.98 bits per heavy atom. The second-order valence-corrected chi connectivity index (χ2v) is 12.0. The van der Waals surface area contributed by atoms with Gasteiger partial charge in [0.2, 0.25) is 5.91 Å². The summed E-state index contributed by atoms with van der Waals surface area (Å²) in [5, 5.41) is 24.2. The van der Waals surface area contributed by atoms with Crippen LogP contribution in [0.25, 0.3) is 11.0 Å². The number of hydrogen-bond acceptors (Lipinski definition) is 9. The van der Waals surface area contributed by atoms with E-state index in [-0.39, 0.29) is 54.7 Å². The molecule has 11 nitrogen and oxygen atoms in total. The van der Waals surface area contributed by atoms with E-state index in [1.54, 1.807) is 30.3 Å². The molecule has 3 N–H and O–H groups in total. The molecular formula is C32H35IN2O9. The Hall–Kier alpha value is -3.75. The van der Waals surface area contributed by atoms with E-state index >= 15 is 0 Å². The molecule has 0 radical (unpaired) electrons. The highest BCUT2D eigenvalue weighted by atomic mass is 127. The van der Waals surface area contributed by atoms with E-state index in [0.717, 1.165) is 0 Å². The highest BCUT2D eigenvalue weighted by Crippen LogP contribution is 2.37. The van der Waals surface area contributed by atoms with E-state index in [1.807, 2.05) is 36.4 Å². The maximum absolute atomic E-state index is 14.1. The van der Waals surface area contributed by atoms with Gasteiger partial charge in [0.25, 0.3) is 5.91 Å². The van der Waals surface area contributed by atoms with Crippen LogP contribution in [0, 0.1) is 9.49 Å². The van der Waals surface area contributed by atoms with Crippen molar-refractivity contribution in [1.82, 2.24) is 10.2 Å². The lowest BCUT2D eigenvalue weighted by Gasteiger charge is -2.40. The van der Waals surface area contributed by atoms with Crippen molar-refractivity contribution < 1.29 is 38.5 Å². The molecule has 4 rings (SSSR count). The van der Waals surface area contributed by atoms with Crippen molar-refractivity contribution in [1.29, 1.82) is 0 Å². The van der Waals surface area contributed by atoms with Crippen molar-refractivity contribution in [3.8, 4) is 11.5 Å². The number of nitrogens with zero attached hydrogens (tertiary/aromatic N) is 1. The van der Waals surface area contributed by atoms with Gasteiger partial charge in [-0.15, -0.1) is 0 Å². The molecule has 1 heterocycles. The third-order valence-electron chi connectivity index (χ3n) is 7.34. The van der Waals surface area contributed by atoms with Crippen LogP contribution < -0.4 is 20.4 Å². The number of methoxy groups -OCH3 is 1. The number of hydrogen-bond donors (Lipinski definition) is 3. The van der Waals surface area contributed by atoms with Crippen LogP contribution in [0.15, 0.2) is 63.3 Å². The number of rotatable bonds is 12. The number of aliphatic hydroxyl groups excluding tert-OH is 2. The second kappa shape index (κ2) is 14.8. The molecule has 1 aromatic heterocycles.